The number of hydrogen-bond donors (Lipinski definition) is 2. The average Bonchev–Trinajstić information content (AvgIpc) is 3.19. The first-order valence-electron chi connectivity index (χ1n) is 10.5. The van der Waals surface area contributed by atoms with E-state index in [2.05, 4.69) is 22.1 Å². The smallest absolute Gasteiger partial charge is 0.252 e. The molecule has 1 unspecified atom stereocenters. The SMILES string of the molecule is CCN1CCCC1CNC(=O)c1cc(=O)[nH]c2ccc(S(=O)(=O)N(CC)CC)cc12. The molecule has 1 fully saturated rings. The number of fused-ring (bicyclic) bond motifs is 1. The Morgan fingerprint density at radius 2 is 1.97 bits per heavy atom. The van der Waals surface area contributed by atoms with Crippen molar-refractivity contribution in [2.45, 2.75) is 44.6 Å². The Labute approximate surface area is 177 Å². The topological polar surface area (TPSA) is 103 Å². The van der Waals surface area contributed by atoms with Gasteiger partial charge in [0, 0.05) is 42.6 Å². The summed E-state index contributed by atoms with van der Waals surface area (Å²) in [5.74, 6) is -0.369. The number of aromatic nitrogens is 1. The van der Waals surface area contributed by atoms with E-state index in [4.69, 9.17) is 0 Å². The molecule has 2 aromatic rings. The minimum atomic E-state index is -3.68. The van der Waals surface area contributed by atoms with Gasteiger partial charge in [0.2, 0.25) is 15.6 Å². The van der Waals surface area contributed by atoms with Gasteiger partial charge in [0.25, 0.3) is 5.91 Å². The molecule has 0 spiro atoms. The molecule has 164 valence electrons. The van der Waals surface area contributed by atoms with Crippen LogP contribution in [0.25, 0.3) is 10.9 Å². The summed E-state index contributed by atoms with van der Waals surface area (Å²) in [6.45, 7) is 8.82. The minimum absolute atomic E-state index is 0.104. The molecule has 30 heavy (non-hydrogen) atoms. The second-order valence-electron chi connectivity index (χ2n) is 7.48. The lowest BCUT2D eigenvalue weighted by atomic mass is 10.1. The van der Waals surface area contributed by atoms with Gasteiger partial charge in [-0.05, 0) is 44.1 Å². The van der Waals surface area contributed by atoms with E-state index in [1.807, 2.05) is 0 Å². The third kappa shape index (κ3) is 4.43. The third-order valence-electron chi connectivity index (χ3n) is 5.81. The summed E-state index contributed by atoms with van der Waals surface area (Å²) in [6.07, 6.45) is 2.13. The zero-order chi connectivity index (χ0) is 21.9. The highest BCUT2D eigenvalue weighted by atomic mass is 32.2. The van der Waals surface area contributed by atoms with Crippen LogP contribution in [0.1, 0.15) is 44.0 Å². The highest BCUT2D eigenvalue weighted by Gasteiger charge is 2.25. The summed E-state index contributed by atoms with van der Waals surface area (Å²) in [5.41, 5.74) is 0.219. The summed E-state index contributed by atoms with van der Waals surface area (Å²) in [4.78, 5) is 30.1. The second kappa shape index (κ2) is 9.28. The number of rotatable bonds is 8. The predicted molar refractivity (Wildman–Crippen MR) is 117 cm³/mol. The number of nitrogens with one attached hydrogen (secondary N) is 2. The van der Waals surface area contributed by atoms with Crippen molar-refractivity contribution >= 4 is 26.8 Å². The maximum Gasteiger partial charge on any atom is 0.252 e. The van der Waals surface area contributed by atoms with Crippen molar-refractivity contribution in [2.75, 3.05) is 32.7 Å². The highest BCUT2D eigenvalue weighted by molar-refractivity contribution is 7.89. The van der Waals surface area contributed by atoms with Gasteiger partial charge >= 0.3 is 0 Å². The quantitative estimate of drug-likeness (QED) is 0.659. The van der Waals surface area contributed by atoms with Crippen LogP contribution in [0, 0.1) is 0 Å². The molecule has 1 amide bonds. The van der Waals surface area contributed by atoms with Crippen LogP contribution in [0.5, 0.6) is 0 Å². The van der Waals surface area contributed by atoms with Crippen LogP contribution in [0.15, 0.2) is 34.0 Å². The number of carbonyl (C=O) groups is 1. The van der Waals surface area contributed by atoms with Gasteiger partial charge in [-0.25, -0.2) is 8.42 Å². The number of nitrogens with zero attached hydrogens (tertiary/aromatic N) is 2. The van der Waals surface area contributed by atoms with Crippen LogP contribution in [0.4, 0.5) is 0 Å². The first-order valence-corrected chi connectivity index (χ1v) is 11.9. The van der Waals surface area contributed by atoms with Gasteiger partial charge in [0.05, 0.1) is 10.5 Å². The number of hydrogen-bond acceptors (Lipinski definition) is 5. The zero-order valence-corrected chi connectivity index (χ0v) is 18.6. The van der Waals surface area contributed by atoms with E-state index >= 15 is 0 Å². The molecule has 0 bridgehead atoms. The molecule has 0 saturated carbocycles. The molecule has 1 aromatic carbocycles. The number of aromatic amines is 1. The van der Waals surface area contributed by atoms with E-state index in [1.165, 1.54) is 22.5 Å². The molecule has 1 aromatic heterocycles. The summed E-state index contributed by atoms with van der Waals surface area (Å²) in [6, 6.07) is 6.00. The van der Waals surface area contributed by atoms with E-state index in [-0.39, 0.29) is 22.4 Å². The lowest BCUT2D eigenvalue weighted by Gasteiger charge is -2.23. The molecule has 1 aliphatic heterocycles. The number of pyridine rings is 1. The Hall–Kier alpha value is -2.23. The fourth-order valence-electron chi connectivity index (χ4n) is 4.14. The number of sulfonamides is 1. The molecular weight excluding hydrogens is 404 g/mol. The predicted octanol–water partition coefficient (Wildman–Crippen LogP) is 1.77. The van der Waals surface area contributed by atoms with E-state index in [9.17, 15) is 18.0 Å². The number of amides is 1. The van der Waals surface area contributed by atoms with Crippen molar-refractivity contribution in [3.8, 4) is 0 Å². The van der Waals surface area contributed by atoms with Gasteiger partial charge in [0.1, 0.15) is 0 Å². The molecule has 1 saturated heterocycles. The second-order valence-corrected chi connectivity index (χ2v) is 9.42. The first-order chi connectivity index (χ1) is 14.3. The Morgan fingerprint density at radius 1 is 1.23 bits per heavy atom. The van der Waals surface area contributed by atoms with Crippen LogP contribution < -0.4 is 10.9 Å². The summed E-state index contributed by atoms with van der Waals surface area (Å²) >= 11 is 0. The lowest BCUT2D eigenvalue weighted by molar-refractivity contribution is 0.0943. The molecule has 2 heterocycles. The van der Waals surface area contributed by atoms with Crippen LogP contribution in [-0.4, -0.2) is 67.3 Å². The first kappa shape index (κ1) is 22.5. The van der Waals surface area contributed by atoms with Crippen LogP contribution in [0.3, 0.4) is 0 Å². The fraction of sp³-hybridized carbons (Fsp3) is 0.524. The molecule has 2 N–H and O–H groups in total. The standard InChI is InChI=1S/C21H30N4O4S/c1-4-24-11-7-8-15(24)14-22-21(27)18-13-20(26)23-19-10-9-16(12-17(18)19)30(28,29)25(5-2)6-3/h9-10,12-13,15H,4-8,11,14H2,1-3H3,(H,22,27)(H,23,26). The lowest BCUT2D eigenvalue weighted by Crippen LogP contribution is -2.40. The van der Waals surface area contributed by atoms with Gasteiger partial charge < -0.3 is 10.3 Å². The number of benzene rings is 1. The van der Waals surface area contributed by atoms with Gasteiger partial charge in [-0.2, -0.15) is 4.31 Å². The van der Waals surface area contributed by atoms with E-state index in [1.54, 1.807) is 19.9 Å². The van der Waals surface area contributed by atoms with Gasteiger partial charge in [-0.15, -0.1) is 0 Å². The van der Waals surface area contributed by atoms with Crippen molar-refractivity contribution < 1.29 is 13.2 Å². The van der Waals surface area contributed by atoms with Crippen molar-refractivity contribution in [1.29, 1.82) is 0 Å². The van der Waals surface area contributed by atoms with Crippen molar-refractivity contribution in [2.24, 2.45) is 0 Å². The van der Waals surface area contributed by atoms with Gasteiger partial charge in [0.15, 0.2) is 0 Å². The largest absolute Gasteiger partial charge is 0.350 e. The molecule has 0 aliphatic carbocycles. The summed E-state index contributed by atoms with van der Waals surface area (Å²) in [5, 5.41) is 3.35. The van der Waals surface area contributed by atoms with E-state index in [0.29, 0.717) is 30.5 Å². The highest BCUT2D eigenvalue weighted by Crippen LogP contribution is 2.23. The molecule has 1 atom stereocenters. The number of likely N-dealkylation sites (N-methyl/N-ethyl adjacent to an activating group) is 1. The van der Waals surface area contributed by atoms with Gasteiger partial charge in [-0.1, -0.05) is 20.8 Å². The Bertz CT molecular complexity index is 1080. The number of likely N-dealkylation sites (tertiary alicyclic amines) is 1. The van der Waals surface area contributed by atoms with Crippen LogP contribution in [-0.2, 0) is 10.0 Å². The third-order valence-corrected chi connectivity index (χ3v) is 7.85. The van der Waals surface area contributed by atoms with Crippen molar-refractivity contribution in [1.82, 2.24) is 19.5 Å². The van der Waals surface area contributed by atoms with Crippen molar-refractivity contribution in [3.63, 3.8) is 0 Å². The maximum absolute atomic E-state index is 12.9. The molecule has 0 radical (unpaired) electrons. The molecular formula is C21H30N4O4S. The average molecular weight is 435 g/mol. The van der Waals surface area contributed by atoms with Crippen LogP contribution >= 0.6 is 0 Å². The molecule has 3 rings (SSSR count). The zero-order valence-electron chi connectivity index (χ0n) is 17.8. The summed E-state index contributed by atoms with van der Waals surface area (Å²) in [7, 11) is -3.68. The maximum atomic E-state index is 12.9. The Morgan fingerprint density at radius 3 is 2.63 bits per heavy atom. The molecule has 1 aliphatic rings. The monoisotopic (exact) mass is 434 g/mol. The summed E-state index contributed by atoms with van der Waals surface area (Å²) < 4.78 is 27.2. The molecule has 8 nitrogen and oxygen atoms in total. The minimum Gasteiger partial charge on any atom is -0.350 e. The molecule has 9 heteroatoms. The number of carbonyl (C=O) groups excluding carboxylic acids is 1. The normalized spacial score (nSPS) is 17.7. The van der Waals surface area contributed by atoms with Crippen LogP contribution in [0.2, 0.25) is 0 Å². The van der Waals surface area contributed by atoms with Gasteiger partial charge in [-0.3, -0.25) is 14.5 Å². The Balaban J connectivity index is 1.95. The van der Waals surface area contributed by atoms with E-state index in [0.717, 1.165) is 25.9 Å². The van der Waals surface area contributed by atoms with Crippen molar-refractivity contribution in [3.05, 3.63) is 40.2 Å². The Kier molecular flexibility index (Phi) is 6.95. The number of H-pyrrole nitrogens is 1. The fourth-order valence-corrected chi connectivity index (χ4v) is 5.63. The van der Waals surface area contributed by atoms with E-state index < -0.39 is 15.6 Å².